The molecule has 2 saturated heterocycles. The molecule has 69 heavy (non-hydrogen) atoms. The summed E-state index contributed by atoms with van der Waals surface area (Å²) in [4.78, 5) is 52.2. The van der Waals surface area contributed by atoms with Gasteiger partial charge in [-0.25, -0.2) is 9.59 Å². The highest BCUT2D eigenvalue weighted by atomic mass is 16.7. The normalized spacial score (nSPS) is 48.0. The fraction of sp³-hybridized carbons (Fsp3) is 0.840. The van der Waals surface area contributed by atoms with Crippen LogP contribution in [0.4, 0.5) is 0 Å². The lowest BCUT2D eigenvalue weighted by Gasteiger charge is -2.73. The number of aliphatic hydroxyl groups excluding tert-OH is 7. The third kappa shape index (κ3) is 8.30. The monoisotopic (exact) mass is 980 g/mol. The molecule has 21 atom stereocenters. The quantitative estimate of drug-likeness (QED) is 0.0511. The Morgan fingerprint density at radius 3 is 2.00 bits per heavy atom. The van der Waals surface area contributed by atoms with Crippen LogP contribution in [0.1, 0.15) is 115 Å². The first-order chi connectivity index (χ1) is 32.0. The average molecular weight is 981 g/mol. The maximum atomic E-state index is 13.7. The molecule has 8 N–H and O–H groups in total. The van der Waals surface area contributed by atoms with E-state index >= 15 is 0 Å². The number of aliphatic hydroxyl groups is 7. The molecule has 6 fully saturated rings. The molecule has 0 aromatic carbocycles. The summed E-state index contributed by atoms with van der Waals surface area (Å²) in [6.45, 7) is 19.1. The van der Waals surface area contributed by atoms with Gasteiger partial charge >= 0.3 is 23.9 Å². The second kappa shape index (κ2) is 18.8. The zero-order valence-electron chi connectivity index (χ0n) is 41.7. The highest BCUT2D eigenvalue weighted by Gasteiger charge is 2.77. The van der Waals surface area contributed by atoms with E-state index in [9.17, 15) is 60.0 Å². The molecule has 0 unspecified atom stereocenters. The fourth-order valence-electron chi connectivity index (χ4n) is 14.9. The molecule has 0 bridgehead atoms. The number of aliphatic carboxylic acids is 1. The molecule has 0 aromatic heterocycles. The Bertz CT molecular complexity index is 2050. The van der Waals surface area contributed by atoms with Crippen LogP contribution in [-0.2, 0) is 52.3 Å². The maximum absolute atomic E-state index is 13.7. The van der Waals surface area contributed by atoms with Gasteiger partial charge in [-0.3, -0.25) is 9.59 Å². The van der Waals surface area contributed by atoms with E-state index in [-0.39, 0.29) is 17.4 Å². The van der Waals surface area contributed by atoms with Crippen molar-refractivity contribution >= 4 is 23.9 Å². The Kier molecular flexibility index (Phi) is 14.6. The lowest BCUT2D eigenvalue weighted by molar-refractivity contribution is -0.357. The third-order valence-electron chi connectivity index (χ3n) is 18.8. The molecule has 7 aliphatic rings. The number of fused-ring (bicyclic) bond motifs is 7. The number of carbonyl (C=O) groups is 4. The Morgan fingerprint density at radius 2 is 1.41 bits per heavy atom. The van der Waals surface area contributed by atoms with Crippen LogP contribution in [0.2, 0.25) is 0 Å². The first-order valence-electron chi connectivity index (χ1n) is 24.4. The van der Waals surface area contributed by atoms with Gasteiger partial charge in [-0.05, 0) is 86.4 Å². The lowest BCUT2D eigenvalue weighted by Crippen LogP contribution is -2.77. The molecule has 2 aliphatic heterocycles. The van der Waals surface area contributed by atoms with E-state index in [0.717, 1.165) is 5.57 Å². The summed E-state index contributed by atoms with van der Waals surface area (Å²) in [5.74, 6) is -4.32. The second-order valence-corrected chi connectivity index (χ2v) is 23.1. The Balaban J connectivity index is 1.24. The molecule has 390 valence electrons. The van der Waals surface area contributed by atoms with Gasteiger partial charge in [0.2, 0.25) is 0 Å². The Hall–Kier alpha value is -3.08. The van der Waals surface area contributed by atoms with Gasteiger partial charge in [0.15, 0.2) is 24.8 Å². The van der Waals surface area contributed by atoms with Gasteiger partial charge in [0.1, 0.15) is 54.9 Å². The molecular weight excluding hydrogens is 905 g/mol. The number of carboxylic acid groups (broad SMARTS) is 1. The summed E-state index contributed by atoms with van der Waals surface area (Å²) in [7, 11) is 0. The highest BCUT2D eigenvalue weighted by molar-refractivity contribution is 5.88. The Labute approximate surface area is 403 Å². The smallest absolute Gasteiger partial charge is 0.335 e. The number of carbonyl (C=O) groups excluding carboxylic acids is 3. The predicted molar refractivity (Wildman–Crippen MR) is 240 cm³/mol. The van der Waals surface area contributed by atoms with Crippen LogP contribution in [0.5, 0.6) is 0 Å². The number of allylic oxidation sites excluding steroid dienone is 2. The molecule has 19 heteroatoms. The van der Waals surface area contributed by atoms with E-state index < -0.39 is 161 Å². The molecule has 4 saturated carbocycles. The first-order valence-corrected chi connectivity index (χ1v) is 24.4. The van der Waals surface area contributed by atoms with E-state index in [4.69, 9.17) is 33.2 Å². The van der Waals surface area contributed by atoms with E-state index in [1.807, 2.05) is 20.8 Å². The summed E-state index contributed by atoms with van der Waals surface area (Å²) in [5, 5.41) is 88.5. The van der Waals surface area contributed by atoms with Crippen molar-refractivity contribution < 1.29 is 93.2 Å². The first kappa shape index (κ1) is 53.7. The van der Waals surface area contributed by atoms with Crippen LogP contribution in [-0.4, -0.2) is 164 Å². The van der Waals surface area contributed by atoms with E-state index in [2.05, 4.69) is 33.8 Å². The van der Waals surface area contributed by atoms with E-state index in [1.54, 1.807) is 19.9 Å². The maximum Gasteiger partial charge on any atom is 0.335 e. The highest BCUT2D eigenvalue weighted by Crippen LogP contribution is 2.76. The zero-order valence-corrected chi connectivity index (χ0v) is 41.7. The summed E-state index contributed by atoms with van der Waals surface area (Å²) in [6, 6.07) is 0. The van der Waals surface area contributed by atoms with Gasteiger partial charge < -0.3 is 74.0 Å². The lowest BCUT2D eigenvalue weighted by atomic mass is 9.32. The molecule has 0 amide bonds. The van der Waals surface area contributed by atoms with Gasteiger partial charge in [0.25, 0.3) is 0 Å². The minimum atomic E-state index is -1.95. The zero-order chi connectivity index (χ0) is 51.3. The van der Waals surface area contributed by atoms with Gasteiger partial charge in [-0.1, -0.05) is 66.2 Å². The second-order valence-electron chi connectivity index (χ2n) is 23.1. The Morgan fingerprint density at radius 1 is 0.768 bits per heavy atom. The van der Waals surface area contributed by atoms with Crippen molar-refractivity contribution in [1.82, 2.24) is 0 Å². The summed E-state index contributed by atoms with van der Waals surface area (Å²) in [5.41, 5.74) is -4.16. The summed E-state index contributed by atoms with van der Waals surface area (Å²) < 4.78 is 42.0. The van der Waals surface area contributed by atoms with Crippen LogP contribution < -0.4 is 0 Å². The van der Waals surface area contributed by atoms with Crippen molar-refractivity contribution in [2.75, 3.05) is 13.2 Å². The summed E-state index contributed by atoms with van der Waals surface area (Å²) >= 11 is 0. The van der Waals surface area contributed by atoms with Gasteiger partial charge in [-0.2, -0.15) is 0 Å². The molecule has 0 aromatic rings. The number of ether oxygens (including phenoxy) is 7. The van der Waals surface area contributed by atoms with Crippen LogP contribution in [0.3, 0.4) is 0 Å². The predicted octanol–water partition coefficient (Wildman–Crippen LogP) is 2.06. The molecular formula is C50H76O19. The van der Waals surface area contributed by atoms with Crippen LogP contribution in [0, 0.1) is 50.2 Å². The van der Waals surface area contributed by atoms with Gasteiger partial charge in [-0.15, -0.1) is 0 Å². The van der Waals surface area contributed by atoms with Crippen molar-refractivity contribution in [1.29, 1.82) is 0 Å². The van der Waals surface area contributed by atoms with E-state index in [0.29, 0.717) is 38.5 Å². The topological polar surface area (TPSA) is 295 Å². The molecule has 5 aliphatic carbocycles. The minimum Gasteiger partial charge on any atom is -0.479 e. The SMILES string of the molecule is C/C=C(\C)C(=O)O[C@@H]1[C@H](OC(C)=O)C(C)(C)C[C@H]2C3=CC[C@H]4[C@]5(C)CC[C@@H](O[C@H]6O[C@@H](C(=O)O)[C@H](O)[C@@H](O[C@@H]7OC[C@H](O)[C@@H](O)[C@@H]7O)[C@@H]6O)C(C)(C)[C@@H]5CC[C@@]4(C)[C@]3(C)[C@H](OC(C)=O)[C@H](O)[C@@]12CO. The van der Waals surface area contributed by atoms with Crippen LogP contribution >= 0.6 is 0 Å². The van der Waals surface area contributed by atoms with Crippen molar-refractivity contribution in [2.24, 2.45) is 50.2 Å². The van der Waals surface area contributed by atoms with Crippen molar-refractivity contribution in [2.45, 2.75) is 201 Å². The number of hydrogen-bond acceptors (Lipinski definition) is 18. The molecule has 2 heterocycles. The van der Waals surface area contributed by atoms with Crippen LogP contribution in [0.15, 0.2) is 23.3 Å². The number of carboxylic acids is 1. The fourth-order valence-corrected chi connectivity index (χ4v) is 14.9. The molecule has 0 spiro atoms. The number of rotatable bonds is 10. The molecule has 19 nitrogen and oxygen atoms in total. The standard InChI is InChI=1S/C50H76O19/c1-12-22(2)42(62)69-40-39(65-24(4)53)45(5,6)19-26-25-13-14-29-47(9)17-16-30(66-44-34(58)35(33(57)36(68-44)41(60)61)67-43-32(56)31(55)27(54)20-63-43)46(7,8)28(47)15-18-48(29,10)49(25,11)38(64-23(3)52)37(59)50(26,40)21-51/h12-13,26-40,43-44,51,54-59H,14-21H2,1-11H3,(H,60,61)/b22-12+/t26-,27-,28-,29-,30+,31+,32-,33+,34-,35+,36+,37-,38+,39-,40+,43-,44-,47+,48+,49-,50-/m0/s1. The number of hydrogen-bond donors (Lipinski definition) is 8. The van der Waals surface area contributed by atoms with Gasteiger partial charge in [0, 0.05) is 30.3 Å². The number of esters is 3. The van der Waals surface area contributed by atoms with Crippen LogP contribution in [0.25, 0.3) is 0 Å². The van der Waals surface area contributed by atoms with Crippen molar-refractivity contribution in [3.05, 3.63) is 23.3 Å². The largest absolute Gasteiger partial charge is 0.479 e. The molecule has 0 radical (unpaired) electrons. The minimum absolute atomic E-state index is 0.0540. The van der Waals surface area contributed by atoms with Crippen molar-refractivity contribution in [3.8, 4) is 0 Å². The van der Waals surface area contributed by atoms with E-state index in [1.165, 1.54) is 13.8 Å². The molecule has 7 rings (SSSR count). The van der Waals surface area contributed by atoms with Crippen molar-refractivity contribution in [3.63, 3.8) is 0 Å². The van der Waals surface area contributed by atoms with Gasteiger partial charge in [0.05, 0.1) is 24.7 Å². The summed E-state index contributed by atoms with van der Waals surface area (Å²) in [6.07, 6.45) is -14.6. The third-order valence-corrected chi connectivity index (χ3v) is 18.8. The average Bonchev–Trinajstić information content (AvgIpc) is 3.26.